The molecule has 3 rings (SSSR count). The van der Waals surface area contributed by atoms with Gasteiger partial charge in [0.2, 0.25) is 10.0 Å². The van der Waals surface area contributed by atoms with Crippen molar-refractivity contribution in [2.45, 2.75) is 31.2 Å². The number of sulfonamides is 1. The second kappa shape index (κ2) is 9.32. The minimum Gasteiger partial charge on any atom is -0.493 e. The highest BCUT2D eigenvalue weighted by Gasteiger charge is 2.37. The van der Waals surface area contributed by atoms with Gasteiger partial charge in [0.25, 0.3) is 0 Å². The predicted molar refractivity (Wildman–Crippen MR) is 129 cm³/mol. The minimum absolute atomic E-state index is 0.301. The molecule has 168 valence electrons. The summed E-state index contributed by atoms with van der Waals surface area (Å²) in [6.07, 6.45) is 5.26. The Kier molecular flexibility index (Phi) is 6.96. The Hall–Kier alpha value is -2.52. The van der Waals surface area contributed by atoms with Gasteiger partial charge in [0, 0.05) is 12.7 Å². The maximum atomic E-state index is 11.8. The van der Waals surface area contributed by atoms with Gasteiger partial charge in [0.1, 0.15) is 0 Å². The van der Waals surface area contributed by atoms with Gasteiger partial charge < -0.3 is 20.1 Å². The Bertz CT molecular complexity index is 1050. The normalized spacial score (nSPS) is 15.2. The van der Waals surface area contributed by atoms with Crippen LogP contribution in [-0.4, -0.2) is 41.1 Å². The van der Waals surface area contributed by atoms with Crippen molar-refractivity contribution < 1.29 is 17.9 Å². The first-order valence-corrected chi connectivity index (χ1v) is 12.3. The molecule has 0 unspecified atom stereocenters. The maximum absolute atomic E-state index is 11.8. The quantitative estimate of drug-likeness (QED) is 0.604. The molecular weight excluding hydrogens is 434 g/mol. The van der Waals surface area contributed by atoms with Crippen molar-refractivity contribution in [2.75, 3.05) is 37.1 Å². The molecule has 0 atom stereocenters. The van der Waals surface area contributed by atoms with Crippen LogP contribution >= 0.6 is 12.2 Å². The first kappa shape index (κ1) is 23.1. The van der Waals surface area contributed by atoms with Gasteiger partial charge in [0.15, 0.2) is 16.6 Å². The van der Waals surface area contributed by atoms with Gasteiger partial charge in [0.05, 0.1) is 31.7 Å². The van der Waals surface area contributed by atoms with Crippen LogP contribution in [0.5, 0.6) is 11.5 Å². The third-order valence-electron chi connectivity index (χ3n) is 5.71. The number of anilines is 2. The zero-order chi connectivity index (χ0) is 22.6. The van der Waals surface area contributed by atoms with E-state index in [9.17, 15) is 8.42 Å². The number of hydrogen-bond donors (Lipinski definition) is 2. The van der Waals surface area contributed by atoms with Crippen LogP contribution in [0.25, 0.3) is 0 Å². The van der Waals surface area contributed by atoms with Crippen LogP contribution in [0.1, 0.15) is 31.2 Å². The fraction of sp³-hybridized carbons (Fsp3) is 0.409. The molecule has 2 N–H and O–H groups in total. The van der Waals surface area contributed by atoms with Gasteiger partial charge in [-0.3, -0.25) is 4.31 Å². The molecule has 7 nitrogen and oxygen atoms in total. The zero-order valence-corrected chi connectivity index (χ0v) is 19.9. The van der Waals surface area contributed by atoms with E-state index in [1.807, 2.05) is 24.3 Å². The van der Waals surface area contributed by atoms with Crippen molar-refractivity contribution in [1.82, 2.24) is 5.32 Å². The highest BCUT2D eigenvalue weighted by atomic mass is 32.2. The average molecular weight is 464 g/mol. The summed E-state index contributed by atoms with van der Waals surface area (Å²) in [5.74, 6) is 1.37. The molecule has 0 spiro atoms. The number of nitrogens with zero attached hydrogens (tertiary/aromatic N) is 1. The van der Waals surface area contributed by atoms with E-state index in [-0.39, 0.29) is 5.54 Å². The molecule has 1 saturated carbocycles. The minimum atomic E-state index is -3.34. The smallest absolute Gasteiger partial charge is 0.231 e. The summed E-state index contributed by atoms with van der Waals surface area (Å²) in [6.45, 7) is 0. The number of nitrogens with one attached hydrogen (secondary N) is 2. The lowest BCUT2D eigenvalue weighted by Crippen LogP contribution is -2.45. The molecule has 2 aromatic rings. The van der Waals surface area contributed by atoms with Crippen LogP contribution in [0.2, 0.25) is 0 Å². The molecule has 2 aromatic carbocycles. The number of thiocarbonyl (C=S) groups is 1. The third-order valence-corrected chi connectivity index (χ3v) is 7.12. The summed E-state index contributed by atoms with van der Waals surface area (Å²) in [5, 5.41) is 7.20. The van der Waals surface area contributed by atoms with E-state index in [2.05, 4.69) is 10.6 Å². The van der Waals surface area contributed by atoms with Gasteiger partial charge in [-0.15, -0.1) is 0 Å². The molecule has 0 heterocycles. The Morgan fingerprint density at radius 2 is 1.74 bits per heavy atom. The maximum Gasteiger partial charge on any atom is 0.231 e. The topological polar surface area (TPSA) is 79.9 Å². The number of rotatable bonds is 7. The summed E-state index contributed by atoms with van der Waals surface area (Å²) in [6, 6.07) is 13.1. The van der Waals surface area contributed by atoms with E-state index in [1.54, 1.807) is 32.4 Å². The summed E-state index contributed by atoms with van der Waals surface area (Å²) >= 11 is 5.63. The van der Waals surface area contributed by atoms with E-state index < -0.39 is 10.0 Å². The molecule has 31 heavy (non-hydrogen) atoms. The van der Waals surface area contributed by atoms with Crippen LogP contribution < -0.4 is 24.4 Å². The van der Waals surface area contributed by atoms with Crippen LogP contribution in [0, 0.1) is 0 Å². The molecule has 0 radical (unpaired) electrons. The number of benzene rings is 2. The molecule has 1 aliphatic carbocycles. The Morgan fingerprint density at radius 1 is 1.06 bits per heavy atom. The van der Waals surface area contributed by atoms with Crippen LogP contribution in [-0.2, 0) is 15.6 Å². The molecule has 0 amide bonds. The van der Waals surface area contributed by atoms with Gasteiger partial charge in [-0.2, -0.15) is 0 Å². The van der Waals surface area contributed by atoms with Gasteiger partial charge in [-0.25, -0.2) is 8.42 Å². The molecule has 0 aliphatic heterocycles. The van der Waals surface area contributed by atoms with Crippen molar-refractivity contribution in [3.05, 3.63) is 48.0 Å². The van der Waals surface area contributed by atoms with Crippen LogP contribution in [0.4, 0.5) is 11.4 Å². The van der Waals surface area contributed by atoms with Crippen molar-refractivity contribution in [1.29, 1.82) is 0 Å². The average Bonchev–Trinajstić information content (AvgIpc) is 3.21. The van der Waals surface area contributed by atoms with Crippen molar-refractivity contribution >= 4 is 38.7 Å². The lowest BCUT2D eigenvalue weighted by atomic mass is 9.88. The SMILES string of the molecule is COc1ccc(C2(NC(=S)Nc3cccc(N(C)S(C)(=O)=O)c3)CCCC2)cc1OC. The molecular formula is C22H29N3O4S2. The van der Waals surface area contributed by atoms with Gasteiger partial charge in [-0.1, -0.05) is 25.0 Å². The summed E-state index contributed by atoms with van der Waals surface area (Å²) in [4.78, 5) is 0. The molecule has 1 fully saturated rings. The van der Waals surface area contributed by atoms with Crippen molar-refractivity contribution in [3.8, 4) is 11.5 Å². The number of methoxy groups -OCH3 is 2. The van der Waals surface area contributed by atoms with Crippen LogP contribution in [0.3, 0.4) is 0 Å². The standard InChI is InChI=1S/C22H29N3O4S2/c1-25(31(4,26)27)18-9-7-8-17(15-18)23-21(30)24-22(12-5-6-13-22)16-10-11-19(28-2)20(14-16)29-3/h7-11,14-15H,5-6,12-13H2,1-4H3,(H2,23,24,30). The lowest BCUT2D eigenvalue weighted by Gasteiger charge is -2.33. The predicted octanol–water partition coefficient (Wildman–Crippen LogP) is 3.86. The Balaban J connectivity index is 1.81. The first-order valence-electron chi connectivity index (χ1n) is 10.0. The van der Waals surface area contributed by atoms with Crippen molar-refractivity contribution in [2.24, 2.45) is 0 Å². The van der Waals surface area contributed by atoms with Gasteiger partial charge >= 0.3 is 0 Å². The first-order chi connectivity index (χ1) is 14.7. The van der Waals surface area contributed by atoms with E-state index in [4.69, 9.17) is 21.7 Å². The molecule has 0 bridgehead atoms. The number of hydrogen-bond acceptors (Lipinski definition) is 5. The Labute approximate surface area is 189 Å². The fourth-order valence-corrected chi connectivity index (χ4v) is 4.76. The van der Waals surface area contributed by atoms with E-state index in [1.165, 1.54) is 17.6 Å². The Morgan fingerprint density at radius 3 is 2.35 bits per heavy atom. The summed E-state index contributed by atoms with van der Waals surface area (Å²) < 4.78 is 35.8. The highest BCUT2D eigenvalue weighted by Crippen LogP contribution is 2.41. The molecule has 0 saturated heterocycles. The molecule has 1 aliphatic rings. The van der Waals surface area contributed by atoms with E-state index in [0.29, 0.717) is 28.0 Å². The monoisotopic (exact) mass is 463 g/mol. The molecule has 0 aromatic heterocycles. The third kappa shape index (κ3) is 5.22. The summed E-state index contributed by atoms with van der Waals surface area (Å²) in [5.41, 5.74) is 2.07. The van der Waals surface area contributed by atoms with E-state index >= 15 is 0 Å². The lowest BCUT2D eigenvalue weighted by molar-refractivity contribution is 0.350. The van der Waals surface area contributed by atoms with Crippen LogP contribution in [0.15, 0.2) is 42.5 Å². The fourth-order valence-electron chi connectivity index (χ4n) is 3.95. The number of ether oxygens (including phenoxy) is 2. The van der Waals surface area contributed by atoms with Gasteiger partial charge in [-0.05, 0) is 61.0 Å². The zero-order valence-electron chi connectivity index (χ0n) is 18.3. The van der Waals surface area contributed by atoms with Crippen molar-refractivity contribution in [3.63, 3.8) is 0 Å². The second-order valence-electron chi connectivity index (χ2n) is 7.72. The summed E-state index contributed by atoms with van der Waals surface area (Å²) in [7, 11) is 1.43. The van der Waals surface area contributed by atoms with E-state index in [0.717, 1.165) is 31.2 Å². The second-order valence-corrected chi connectivity index (χ2v) is 10.1. The molecule has 9 heteroatoms. The largest absolute Gasteiger partial charge is 0.493 e. The highest BCUT2D eigenvalue weighted by molar-refractivity contribution is 7.92.